The highest BCUT2D eigenvalue weighted by Crippen LogP contribution is 2.27. The summed E-state index contributed by atoms with van der Waals surface area (Å²) in [5.41, 5.74) is 1.05. The van der Waals surface area contributed by atoms with Crippen LogP contribution in [0.5, 0.6) is 5.75 Å². The third-order valence-electron chi connectivity index (χ3n) is 6.30. The highest BCUT2D eigenvalue weighted by atomic mass is 79.9. The third kappa shape index (κ3) is 8.22. The minimum Gasteiger partial charge on any atom is -0.497 e. The van der Waals surface area contributed by atoms with E-state index >= 15 is 0 Å². The Morgan fingerprint density at radius 2 is 1.62 bits per heavy atom. The Balaban J connectivity index is 1.99. The van der Waals surface area contributed by atoms with Crippen LogP contribution in [0.25, 0.3) is 0 Å². The molecule has 11 heteroatoms. The van der Waals surface area contributed by atoms with Gasteiger partial charge in [-0.1, -0.05) is 53.0 Å². The SMILES string of the molecule is CCCCNC(=O)[C@H](C)N(Cc1ccc(Br)cc1)C(=O)CN(c1ccc(Cl)cc1)S(=O)(=O)c1ccc(OC)cc1. The highest BCUT2D eigenvalue weighted by molar-refractivity contribution is 9.10. The number of methoxy groups -OCH3 is 1. The van der Waals surface area contributed by atoms with Gasteiger partial charge in [0.2, 0.25) is 11.8 Å². The molecule has 0 aromatic heterocycles. The fourth-order valence-electron chi connectivity index (χ4n) is 3.92. The molecule has 214 valence electrons. The summed E-state index contributed by atoms with van der Waals surface area (Å²) in [4.78, 5) is 28.3. The Labute approximate surface area is 249 Å². The second-order valence-corrected chi connectivity index (χ2v) is 12.3. The van der Waals surface area contributed by atoms with Crippen molar-refractivity contribution in [1.29, 1.82) is 0 Å². The molecule has 0 heterocycles. The number of anilines is 1. The van der Waals surface area contributed by atoms with Gasteiger partial charge in [-0.15, -0.1) is 0 Å². The van der Waals surface area contributed by atoms with Gasteiger partial charge in [0.1, 0.15) is 18.3 Å². The number of nitrogens with one attached hydrogen (secondary N) is 1. The summed E-state index contributed by atoms with van der Waals surface area (Å²) in [6.07, 6.45) is 1.72. The highest BCUT2D eigenvalue weighted by Gasteiger charge is 2.32. The molecule has 0 radical (unpaired) electrons. The van der Waals surface area contributed by atoms with Crippen molar-refractivity contribution in [3.05, 3.63) is 87.9 Å². The first-order valence-electron chi connectivity index (χ1n) is 12.8. The lowest BCUT2D eigenvalue weighted by atomic mass is 10.1. The number of halogens is 2. The molecule has 2 amide bonds. The average Bonchev–Trinajstić information content (AvgIpc) is 2.95. The number of unbranched alkanes of at least 4 members (excludes halogenated alkanes) is 1. The Morgan fingerprint density at radius 3 is 2.20 bits per heavy atom. The molecule has 3 rings (SSSR count). The zero-order valence-corrected chi connectivity index (χ0v) is 25.8. The number of benzene rings is 3. The van der Waals surface area contributed by atoms with Crippen LogP contribution >= 0.6 is 27.5 Å². The fourth-order valence-corrected chi connectivity index (χ4v) is 5.72. The maximum Gasteiger partial charge on any atom is 0.264 e. The Kier molecular flexibility index (Phi) is 11.4. The summed E-state index contributed by atoms with van der Waals surface area (Å²) in [7, 11) is -2.69. The first kappa shape index (κ1) is 31.4. The molecule has 0 aliphatic rings. The molecule has 1 atom stereocenters. The zero-order valence-electron chi connectivity index (χ0n) is 22.6. The van der Waals surface area contributed by atoms with Crippen LogP contribution < -0.4 is 14.4 Å². The fraction of sp³-hybridized carbons (Fsp3) is 0.310. The second kappa shape index (κ2) is 14.5. The van der Waals surface area contributed by atoms with E-state index in [0.717, 1.165) is 27.2 Å². The van der Waals surface area contributed by atoms with Gasteiger partial charge in [0, 0.05) is 22.6 Å². The number of ether oxygens (including phenoxy) is 1. The van der Waals surface area contributed by atoms with Crippen LogP contribution in [-0.2, 0) is 26.2 Å². The summed E-state index contributed by atoms with van der Waals surface area (Å²) in [6.45, 7) is 3.74. The topological polar surface area (TPSA) is 96.0 Å². The number of amides is 2. The lowest BCUT2D eigenvalue weighted by Crippen LogP contribution is -2.51. The number of hydrogen-bond acceptors (Lipinski definition) is 5. The summed E-state index contributed by atoms with van der Waals surface area (Å²) < 4.78 is 34.8. The van der Waals surface area contributed by atoms with Gasteiger partial charge in [0.15, 0.2) is 0 Å². The maximum atomic E-state index is 13.9. The minimum atomic E-state index is -4.18. The monoisotopic (exact) mass is 649 g/mol. The van der Waals surface area contributed by atoms with Crippen LogP contribution in [0, 0.1) is 0 Å². The molecular weight excluding hydrogens is 618 g/mol. The molecule has 0 unspecified atom stereocenters. The molecule has 40 heavy (non-hydrogen) atoms. The van der Waals surface area contributed by atoms with Gasteiger partial charge in [-0.3, -0.25) is 13.9 Å². The predicted octanol–water partition coefficient (Wildman–Crippen LogP) is 5.64. The smallest absolute Gasteiger partial charge is 0.264 e. The van der Waals surface area contributed by atoms with Crippen molar-refractivity contribution >= 4 is 55.1 Å². The summed E-state index contributed by atoms with van der Waals surface area (Å²) in [5, 5.41) is 3.30. The summed E-state index contributed by atoms with van der Waals surface area (Å²) in [6, 6.07) is 18.6. The molecule has 0 saturated carbocycles. The Hall–Kier alpha value is -3.08. The van der Waals surface area contributed by atoms with E-state index < -0.39 is 28.5 Å². The van der Waals surface area contributed by atoms with E-state index in [2.05, 4.69) is 21.2 Å². The van der Waals surface area contributed by atoms with Crippen molar-refractivity contribution < 1.29 is 22.7 Å². The molecule has 0 aliphatic heterocycles. The van der Waals surface area contributed by atoms with Gasteiger partial charge in [-0.05, 0) is 79.6 Å². The molecule has 0 saturated heterocycles. The molecule has 0 spiro atoms. The Morgan fingerprint density at radius 1 is 1.00 bits per heavy atom. The summed E-state index contributed by atoms with van der Waals surface area (Å²) in [5.74, 6) is -0.347. The number of nitrogens with zero attached hydrogens (tertiary/aromatic N) is 2. The predicted molar refractivity (Wildman–Crippen MR) is 161 cm³/mol. The number of carbonyl (C=O) groups excluding carboxylic acids is 2. The van der Waals surface area contributed by atoms with Gasteiger partial charge >= 0.3 is 0 Å². The number of hydrogen-bond donors (Lipinski definition) is 1. The van der Waals surface area contributed by atoms with Gasteiger partial charge in [-0.25, -0.2) is 8.42 Å². The van der Waals surface area contributed by atoms with Crippen molar-refractivity contribution in [2.45, 2.75) is 44.2 Å². The van der Waals surface area contributed by atoms with E-state index in [1.54, 1.807) is 19.1 Å². The normalized spacial score (nSPS) is 11.9. The first-order valence-corrected chi connectivity index (χ1v) is 15.4. The third-order valence-corrected chi connectivity index (χ3v) is 8.87. The number of sulfonamides is 1. The van der Waals surface area contributed by atoms with Gasteiger partial charge in [-0.2, -0.15) is 0 Å². The van der Waals surface area contributed by atoms with Gasteiger partial charge in [0.05, 0.1) is 17.7 Å². The van der Waals surface area contributed by atoms with Crippen molar-refractivity contribution in [3.63, 3.8) is 0 Å². The lowest BCUT2D eigenvalue weighted by Gasteiger charge is -2.32. The molecule has 0 fully saturated rings. The second-order valence-electron chi connectivity index (χ2n) is 9.13. The average molecular weight is 651 g/mol. The molecule has 1 N–H and O–H groups in total. The van der Waals surface area contributed by atoms with Crippen molar-refractivity contribution in [1.82, 2.24) is 10.2 Å². The quantitative estimate of drug-likeness (QED) is 0.242. The number of rotatable bonds is 13. The molecule has 3 aromatic rings. The Bertz CT molecular complexity index is 1380. The molecule has 0 aliphatic carbocycles. The van der Waals surface area contributed by atoms with Crippen LogP contribution in [0.1, 0.15) is 32.3 Å². The molecular formula is C29H33BrClN3O5S. The molecule has 0 bridgehead atoms. The van der Waals surface area contributed by atoms with E-state index in [9.17, 15) is 18.0 Å². The van der Waals surface area contributed by atoms with E-state index in [-0.39, 0.29) is 23.0 Å². The van der Waals surface area contributed by atoms with Gasteiger partial charge < -0.3 is 15.0 Å². The van der Waals surface area contributed by atoms with Crippen LogP contribution in [-0.4, -0.2) is 51.4 Å². The number of carbonyl (C=O) groups is 2. The van der Waals surface area contributed by atoms with E-state index in [4.69, 9.17) is 16.3 Å². The minimum absolute atomic E-state index is 0.0131. The van der Waals surface area contributed by atoms with Crippen LogP contribution in [0.15, 0.2) is 82.2 Å². The molecule has 3 aromatic carbocycles. The van der Waals surface area contributed by atoms with Crippen molar-refractivity contribution in [3.8, 4) is 5.75 Å². The molecule has 8 nitrogen and oxygen atoms in total. The standard InChI is InChI=1S/C29H33BrClN3O5S/c1-4-5-18-32-29(36)21(2)33(19-22-6-8-23(30)9-7-22)28(35)20-34(25-12-10-24(31)11-13-25)40(37,38)27-16-14-26(39-3)15-17-27/h6-17,21H,4-5,18-20H2,1-3H3,(H,32,36)/t21-/m0/s1. The van der Waals surface area contributed by atoms with Crippen LogP contribution in [0.4, 0.5) is 5.69 Å². The van der Waals surface area contributed by atoms with Crippen molar-refractivity contribution in [2.24, 2.45) is 0 Å². The van der Waals surface area contributed by atoms with E-state index in [1.165, 1.54) is 48.4 Å². The first-order chi connectivity index (χ1) is 19.1. The van der Waals surface area contributed by atoms with Gasteiger partial charge in [0.25, 0.3) is 10.0 Å². The maximum absolute atomic E-state index is 13.9. The largest absolute Gasteiger partial charge is 0.497 e. The van der Waals surface area contributed by atoms with Crippen molar-refractivity contribution in [2.75, 3.05) is 24.5 Å². The van der Waals surface area contributed by atoms with Crippen LogP contribution in [0.2, 0.25) is 5.02 Å². The van der Waals surface area contributed by atoms with E-state index in [1.807, 2.05) is 31.2 Å². The lowest BCUT2D eigenvalue weighted by molar-refractivity contribution is -0.139. The van der Waals surface area contributed by atoms with E-state index in [0.29, 0.717) is 17.3 Å². The zero-order chi connectivity index (χ0) is 29.3. The summed E-state index contributed by atoms with van der Waals surface area (Å²) >= 11 is 9.47. The van der Waals surface area contributed by atoms with Crippen LogP contribution in [0.3, 0.4) is 0 Å².